The van der Waals surface area contributed by atoms with E-state index in [0.717, 1.165) is 31.5 Å². The maximum absolute atomic E-state index is 13.3. The third-order valence-electron chi connectivity index (χ3n) is 6.64. The molecule has 8 heteroatoms. The predicted octanol–water partition coefficient (Wildman–Crippen LogP) is 0.962. The molecule has 1 aromatic carbocycles. The second kappa shape index (κ2) is 8.19. The van der Waals surface area contributed by atoms with Crippen LogP contribution in [0, 0.1) is 5.92 Å². The lowest BCUT2D eigenvalue weighted by atomic mass is 9.93. The van der Waals surface area contributed by atoms with Gasteiger partial charge in [0.05, 0.1) is 30.6 Å². The highest BCUT2D eigenvalue weighted by Crippen LogP contribution is 2.32. The van der Waals surface area contributed by atoms with Gasteiger partial charge in [0.25, 0.3) is 5.91 Å². The molecule has 2 saturated heterocycles. The monoisotopic (exact) mass is 423 g/mol. The van der Waals surface area contributed by atoms with Crippen molar-refractivity contribution in [3.8, 4) is 11.3 Å². The van der Waals surface area contributed by atoms with Crippen molar-refractivity contribution in [1.82, 2.24) is 10.2 Å². The number of nitrogens with two attached hydrogens (primary N) is 1. The third kappa shape index (κ3) is 3.83. The van der Waals surface area contributed by atoms with Gasteiger partial charge < -0.3 is 25.3 Å². The molecule has 3 amide bonds. The van der Waals surface area contributed by atoms with Crippen LogP contribution in [0.1, 0.15) is 36.0 Å². The van der Waals surface area contributed by atoms with Crippen LogP contribution in [0.4, 0.5) is 5.69 Å². The number of nitrogens with one attached hydrogen (secondary N) is 2. The van der Waals surface area contributed by atoms with Gasteiger partial charge in [0.1, 0.15) is 11.8 Å². The zero-order valence-electron chi connectivity index (χ0n) is 17.3. The summed E-state index contributed by atoms with van der Waals surface area (Å²) in [6.07, 6.45) is 4.44. The van der Waals surface area contributed by atoms with Gasteiger partial charge in [-0.2, -0.15) is 0 Å². The van der Waals surface area contributed by atoms with E-state index in [9.17, 15) is 14.4 Å². The highest BCUT2D eigenvalue weighted by Gasteiger charge is 2.40. The first-order valence-corrected chi connectivity index (χ1v) is 11.0. The average Bonchev–Trinajstić information content (AvgIpc) is 3.31. The van der Waals surface area contributed by atoms with Crippen LogP contribution in [0.25, 0.3) is 11.3 Å². The van der Waals surface area contributed by atoms with Gasteiger partial charge in [-0.1, -0.05) is 0 Å². The number of fused-ring (bicyclic) bond motifs is 2. The van der Waals surface area contributed by atoms with Crippen LogP contribution in [0.3, 0.4) is 0 Å². The molecule has 2 atom stereocenters. The number of amides is 3. The van der Waals surface area contributed by atoms with Crippen molar-refractivity contribution in [3.63, 3.8) is 0 Å². The Morgan fingerprint density at radius 2 is 2.00 bits per heavy atom. The summed E-state index contributed by atoms with van der Waals surface area (Å²) in [7, 11) is 0. The Morgan fingerprint density at radius 3 is 2.77 bits per heavy atom. The number of hydrogen-bond donors (Lipinski definition) is 3. The van der Waals surface area contributed by atoms with Crippen LogP contribution in [0.15, 0.2) is 41.0 Å². The Kier molecular flexibility index (Phi) is 5.23. The molecule has 5 rings (SSSR count). The van der Waals surface area contributed by atoms with Crippen LogP contribution >= 0.6 is 0 Å². The van der Waals surface area contributed by atoms with E-state index in [2.05, 4.69) is 16.0 Å². The molecule has 0 bridgehead atoms. The standard InChI is InChI=1S/C23H26N4O4/c28-21(14-5-8-24-9-6-14)25-16-7-10-27-19(13-16)22(29)26-18-4-3-15(12-17(18)23(27)30)20-2-1-11-31-20/h1-4,11-12,14,16,19,24H,5-10,13H2,(H,25,28)(H,26,29)/p+1/t16-,19-/m0/s1. The van der Waals surface area contributed by atoms with Gasteiger partial charge in [0, 0.05) is 36.9 Å². The number of piperidine rings is 2. The molecule has 4 heterocycles. The number of hydrogen-bond acceptors (Lipinski definition) is 4. The SMILES string of the molecule is O=C(N[C@H]1CCN2C(=O)c3cc(-c4ccco4)ccc3NC(=O)[C@@H]2C1)C1CC[NH2+]CC1. The molecule has 4 N–H and O–H groups in total. The number of carbonyl (C=O) groups excluding carboxylic acids is 3. The van der Waals surface area contributed by atoms with E-state index in [1.54, 1.807) is 29.4 Å². The van der Waals surface area contributed by atoms with Crippen molar-refractivity contribution in [1.29, 1.82) is 0 Å². The molecular weight excluding hydrogens is 396 g/mol. The number of anilines is 1. The summed E-state index contributed by atoms with van der Waals surface area (Å²) < 4.78 is 5.45. The van der Waals surface area contributed by atoms with Crippen molar-refractivity contribution in [2.24, 2.45) is 5.92 Å². The minimum Gasteiger partial charge on any atom is -0.464 e. The van der Waals surface area contributed by atoms with E-state index < -0.39 is 6.04 Å². The maximum Gasteiger partial charge on any atom is 0.256 e. The summed E-state index contributed by atoms with van der Waals surface area (Å²) in [4.78, 5) is 40.6. The lowest BCUT2D eigenvalue weighted by molar-refractivity contribution is -0.664. The Balaban J connectivity index is 1.33. The van der Waals surface area contributed by atoms with Gasteiger partial charge in [-0.05, 0) is 43.2 Å². The van der Waals surface area contributed by atoms with E-state index in [1.807, 2.05) is 12.1 Å². The second-order valence-corrected chi connectivity index (χ2v) is 8.61. The van der Waals surface area contributed by atoms with E-state index in [1.165, 1.54) is 0 Å². The number of rotatable bonds is 3. The molecule has 0 saturated carbocycles. The second-order valence-electron chi connectivity index (χ2n) is 8.61. The normalized spacial score (nSPS) is 24.1. The largest absolute Gasteiger partial charge is 0.464 e. The van der Waals surface area contributed by atoms with Crippen molar-refractivity contribution >= 4 is 23.4 Å². The molecule has 3 aliphatic heterocycles. The molecular formula is C23H27N4O4+. The summed E-state index contributed by atoms with van der Waals surface area (Å²) in [5.74, 6) is 0.433. The fraction of sp³-hybridized carbons (Fsp3) is 0.435. The fourth-order valence-electron chi connectivity index (χ4n) is 4.89. The van der Waals surface area contributed by atoms with Gasteiger partial charge >= 0.3 is 0 Å². The molecule has 0 radical (unpaired) electrons. The average molecular weight is 423 g/mol. The van der Waals surface area contributed by atoms with E-state index in [-0.39, 0.29) is 29.7 Å². The van der Waals surface area contributed by atoms with Gasteiger partial charge in [-0.25, -0.2) is 0 Å². The Morgan fingerprint density at radius 1 is 1.16 bits per heavy atom. The van der Waals surface area contributed by atoms with Gasteiger partial charge in [-0.15, -0.1) is 0 Å². The van der Waals surface area contributed by atoms with Gasteiger partial charge in [0.2, 0.25) is 11.8 Å². The number of benzene rings is 1. The molecule has 0 aliphatic carbocycles. The maximum atomic E-state index is 13.3. The van der Waals surface area contributed by atoms with E-state index in [0.29, 0.717) is 36.4 Å². The van der Waals surface area contributed by atoms with Crippen molar-refractivity contribution in [3.05, 3.63) is 42.2 Å². The van der Waals surface area contributed by atoms with Crippen LogP contribution in [0.5, 0.6) is 0 Å². The van der Waals surface area contributed by atoms with E-state index >= 15 is 0 Å². The summed E-state index contributed by atoms with van der Waals surface area (Å²) in [6.45, 7) is 2.40. The lowest BCUT2D eigenvalue weighted by Gasteiger charge is -2.38. The van der Waals surface area contributed by atoms with E-state index in [4.69, 9.17) is 4.42 Å². The van der Waals surface area contributed by atoms with Crippen LogP contribution in [0.2, 0.25) is 0 Å². The molecule has 2 fully saturated rings. The van der Waals surface area contributed by atoms with Crippen molar-refractivity contribution in [2.75, 3.05) is 25.0 Å². The topological polar surface area (TPSA) is 108 Å². The molecule has 2 aromatic rings. The van der Waals surface area contributed by atoms with Crippen LogP contribution < -0.4 is 16.0 Å². The minimum atomic E-state index is -0.592. The molecule has 8 nitrogen and oxygen atoms in total. The first-order chi connectivity index (χ1) is 15.1. The number of quaternary nitrogens is 1. The van der Waals surface area contributed by atoms with Crippen molar-refractivity contribution in [2.45, 2.75) is 37.8 Å². The molecule has 3 aliphatic rings. The molecule has 0 spiro atoms. The number of carbonyl (C=O) groups is 3. The summed E-state index contributed by atoms with van der Waals surface area (Å²) in [6, 6.07) is 8.30. The highest BCUT2D eigenvalue weighted by atomic mass is 16.3. The number of nitrogens with zero attached hydrogens (tertiary/aromatic N) is 1. The summed E-state index contributed by atoms with van der Waals surface area (Å²) >= 11 is 0. The predicted molar refractivity (Wildman–Crippen MR) is 113 cm³/mol. The summed E-state index contributed by atoms with van der Waals surface area (Å²) in [5.41, 5.74) is 1.76. The molecule has 1 aromatic heterocycles. The highest BCUT2D eigenvalue weighted by molar-refractivity contribution is 6.10. The Bertz CT molecular complexity index is 997. The molecule has 0 unspecified atom stereocenters. The lowest BCUT2D eigenvalue weighted by Crippen LogP contribution is -2.86. The van der Waals surface area contributed by atoms with Gasteiger partial charge in [-0.3, -0.25) is 14.4 Å². The third-order valence-corrected chi connectivity index (χ3v) is 6.64. The van der Waals surface area contributed by atoms with Gasteiger partial charge in [0.15, 0.2) is 0 Å². The smallest absolute Gasteiger partial charge is 0.256 e. The van der Waals surface area contributed by atoms with Crippen molar-refractivity contribution < 1.29 is 24.1 Å². The first-order valence-electron chi connectivity index (χ1n) is 11.0. The zero-order chi connectivity index (χ0) is 21.4. The van der Waals surface area contributed by atoms with Crippen LogP contribution in [-0.2, 0) is 9.59 Å². The Labute approximate surface area is 180 Å². The minimum absolute atomic E-state index is 0.0527. The summed E-state index contributed by atoms with van der Waals surface area (Å²) in [5, 5.41) is 8.29. The quantitative estimate of drug-likeness (QED) is 0.683. The zero-order valence-corrected chi connectivity index (χ0v) is 17.3. The van der Waals surface area contributed by atoms with Crippen LogP contribution in [-0.4, -0.2) is 54.3 Å². The molecule has 31 heavy (non-hydrogen) atoms. The first kappa shape index (κ1) is 19.8. The molecule has 162 valence electrons. The Hall–Kier alpha value is -3.13. The number of furan rings is 1. The fourth-order valence-corrected chi connectivity index (χ4v) is 4.89.